The topological polar surface area (TPSA) is 74.3 Å². The molecule has 0 bridgehead atoms. The van der Waals surface area contributed by atoms with Crippen molar-refractivity contribution >= 4 is 17.4 Å². The van der Waals surface area contributed by atoms with Gasteiger partial charge in [0.25, 0.3) is 5.56 Å². The molecule has 0 aliphatic heterocycles. The number of nitrogens with zero attached hydrogens (tertiary/aromatic N) is 5. The minimum Gasteiger partial charge on any atom is -0.458 e. The van der Waals surface area contributed by atoms with Crippen LogP contribution < -0.4 is 10.3 Å². The Kier molecular flexibility index (Phi) is 4.12. The molecule has 0 saturated heterocycles. The van der Waals surface area contributed by atoms with Gasteiger partial charge < -0.3 is 9.30 Å². The van der Waals surface area contributed by atoms with Gasteiger partial charge in [0.15, 0.2) is 0 Å². The van der Waals surface area contributed by atoms with Crippen LogP contribution >= 0.6 is 11.6 Å². The Morgan fingerprint density at radius 2 is 2.26 bits per heavy atom. The number of rotatable bonds is 5. The van der Waals surface area contributed by atoms with E-state index < -0.39 is 0 Å². The van der Waals surface area contributed by atoms with Crippen molar-refractivity contribution in [2.24, 2.45) is 0 Å². The van der Waals surface area contributed by atoms with Gasteiger partial charge in [-0.3, -0.25) is 4.79 Å². The first-order valence-electron chi connectivity index (χ1n) is 6.90. The second-order valence-corrected chi connectivity index (χ2v) is 5.29. The van der Waals surface area contributed by atoms with Gasteiger partial charge in [0, 0.05) is 18.0 Å². The van der Waals surface area contributed by atoms with Crippen molar-refractivity contribution in [3.05, 3.63) is 63.8 Å². The second-order valence-electron chi connectivity index (χ2n) is 4.91. The highest BCUT2D eigenvalue weighted by atomic mass is 35.5. The van der Waals surface area contributed by atoms with Crippen molar-refractivity contribution in [1.29, 1.82) is 0 Å². The number of ether oxygens (including phenoxy) is 1. The maximum absolute atomic E-state index is 12.1. The largest absolute Gasteiger partial charge is 0.458 e. The Morgan fingerprint density at radius 1 is 1.43 bits per heavy atom. The summed E-state index contributed by atoms with van der Waals surface area (Å²) in [6.07, 6.45) is 3.27. The molecule has 0 saturated carbocycles. The molecule has 0 unspecified atom stereocenters. The van der Waals surface area contributed by atoms with Crippen molar-refractivity contribution in [2.45, 2.75) is 13.5 Å². The second kappa shape index (κ2) is 6.21. The zero-order chi connectivity index (χ0) is 16.4. The summed E-state index contributed by atoms with van der Waals surface area (Å²) < 4.78 is 8.39. The molecule has 3 heterocycles. The van der Waals surface area contributed by atoms with Crippen molar-refractivity contribution in [2.75, 3.05) is 6.61 Å². The van der Waals surface area contributed by atoms with Gasteiger partial charge in [-0.25, -0.2) is 4.98 Å². The quantitative estimate of drug-likeness (QED) is 0.527. The molecule has 0 atom stereocenters. The summed E-state index contributed by atoms with van der Waals surface area (Å²) in [6.45, 7) is 6.16. The SMILES string of the molecule is C=CCOc1nc2n(Cc3ccc(Cl)nc3)c(C)cc(=O)n2n1. The van der Waals surface area contributed by atoms with Crippen LogP contribution in [-0.2, 0) is 6.54 Å². The Hall–Kier alpha value is -2.67. The summed E-state index contributed by atoms with van der Waals surface area (Å²) in [5.74, 6) is 0.406. The van der Waals surface area contributed by atoms with Gasteiger partial charge in [0.05, 0.1) is 6.54 Å². The van der Waals surface area contributed by atoms with Gasteiger partial charge in [-0.1, -0.05) is 30.3 Å². The molecular weight excluding hydrogens is 318 g/mol. The number of aryl methyl sites for hydroxylation is 1. The van der Waals surface area contributed by atoms with E-state index in [0.717, 1.165) is 11.3 Å². The summed E-state index contributed by atoms with van der Waals surface area (Å²) in [7, 11) is 0. The van der Waals surface area contributed by atoms with Crippen LogP contribution in [0.25, 0.3) is 5.78 Å². The summed E-state index contributed by atoms with van der Waals surface area (Å²) in [4.78, 5) is 20.4. The molecule has 0 N–H and O–H groups in total. The van der Waals surface area contributed by atoms with E-state index in [2.05, 4.69) is 21.6 Å². The van der Waals surface area contributed by atoms with Crippen molar-refractivity contribution in [3.63, 3.8) is 0 Å². The van der Waals surface area contributed by atoms with Crippen LogP contribution in [0.1, 0.15) is 11.3 Å². The van der Waals surface area contributed by atoms with E-state index in [1.54, 1.807) is 18.3 Å². The molecule has 0 spiro atoms. The Balaban J connectivity index is 2.07. The average Bonchev–Trinajstić information content (AvgIpc) is 2.96. The lowest BCUT2D eigenvalue weighted by Crippen LogP contribution is -2.20. The number of hydrogen-bond donors (Lipinski definition) is 0. The molecule has 3 aromatic rings. The minimum atomic E-state index is -0.260. The molecule has 8 heteroatoms. The fraction of sp³-hybridized carbons (Fsp3) is 0.200. The molecular formula is C15H14ClN5O2. The van der Waals surface area contributed by atoms with Gasteiger partial charge in [0.1, 0.15) is 11.8 Å². The Morgan fingerprint density at radius 3 is 2.96 bits per heavy atom. The lowest BCUT2D eigenvalue weighted by Gasteiger charge is -2.11. The maximum atomic E-state index is 12.1. The van der Waals surface area contributed by atoms with Crippen LogP contribution in [0.3, 0.4) is 0 Å². The molecule has 7 nitrogen and oxygen atoms in total. The van der Waals surface area contributed by atoms with Gasteiger partial charge in [-0.2, -0.15) is 9.50 Å². The zero-order valence-corrected chi connectivity index (χ0v) is 13.2. The summed E-state index contributed by atoms with van der Waals surface area (Å²) in [6, 6.07) is 5.22. The van der Waals surface area contributed by atoms with E-state index >= 15 is 0 Å². The monoisotopic (exact) mass is 331 g/mol. The minimum absolute atomic E-state index is 0.135. The van der Waals surface area contributed by atoms with Gasteiger partial charge in [0.2, 0.25) is 5.78 Å². The van der Waals surface area contributed by atoms with E-state index in [9.17, 15) is 4.79 Å². The lowest BCUT2D eigenvalue weighted by molar-refractivity contribution is 0.333. The van der Waals surface area contributed by atoms with Crippen molar-refractivity contribution < 1.29 is 4.74 Å². The number of halogens is 1. The summed E-state index contributed by atoms with van der Waals surface area (Å²) >= 11 is 5.80. The number of aromatic nitrogens is 5. The molecule has 0 aliphatic rings. The average molecular weight is 332 g/mol. The fourth-order valence-corrected chi connectivity index (χ4v) is 2.27. The van der Waals surface area contributed by atoms with Gasteiger partial charge in [-0.05, 0) is 18.6 Å². The molecule has 23 heavy (non-hydrogen) atoms. The smallest absolute Gasteiger partial charge is 0.338 e. The highest BCUT2D eigenvalue weighted by Crippen LogP contribution is 2.12. The van der Waals surface area contributed by atoms with Gasteiger partial charge >= 0.3 is 6.01 Å². The number of hydrogen-bond acceptors (Lipinski definition) is 5. The third-order valence-corrected chi connectivity index (χ3v) is 3.46. The summed E-state index contributed by atoms with van der Waals surface area (Å²) in [5.41, 5.74) is 1.43. The molecule has 3 aromatic heterocycles. The fourth-order valence-electron chi connectivity index (χ4n) is 2.16. The van der Waals surface area contributed by atoms with E-state index in [1.807, 2.05) is 17.6 Å². The van der Waals surface area contributed by atoms with E-state index in [4.69, 9.17) is 16.3 Å². The van der Waals surface area contributed by atoms with Crippen LogP contribution in [0.15, 0.2) is 41.8 Å². The molecule has 0 radical (unpaired) electrons. The predicted molar refractivity (Wildman–Crippen MR) is 86.0 cm³/mol. The molecule has 0 aliphatic carbocycles. The third-order valence-electron chi connectivity index (χ3n) is 3.24. The third kappa shape index (κ3) is 3.09. The first-order valence-corrected chi connectivity index (χ1v) is 7.27. The van der Waals surface area contributed by atoms with Crippen LogP contribution in [0, 0.1) is 6.92 Å². The van der Waals surface area contributed by atoms with E-state index in [0.29, 0.717) is 17.5 Å². The first kappa shape index (κ1) is 15.2. The molecule has 0 fully saturated rings. The normalized spacial score (nSPS) is 10.9. The standard InChI is InChI=1S/C15H14ClN5O2/c1-3-6-23-14-18-15-20(9-11-4-5-12(16)17-8-11)10(2)7-13(22)21(15)19-14/h3-5,7-8H,1,6,9H2,2H3. The highest BCUT2D eigenvalue weighted by molar-refractivity contribution is 6.29. The Bertz CT molecular complexity index is 914. The first-order chi connectivity index (χ1) is 11.1. The molecule has 3 rings (SSSR count). The maximum Gasteiger partial charge on any atom is 0.338 e. The van der Waals surface area contributed by atoms with Crippen LogP contribution in [0.5, 0.6) is 6.01 Å². The van der Waals surface area contributed by atoms with Crippen molar-refractivity contribution in [3.8, 4) is 6.01 Å². The van der Waals surface area contributed by atoms with Crippen molar-refractivity contribution in [1.82, 2.24) is 24.1 Å². The zero-order valence-electron chi connectivity index (χ0n) is 12.4. The molecule has 0 aromatic carbocycles. The molecule has 0 amide bonds. The lowest BCUT2D eigenvalue weighted by atomic mass is 10.3. The number of fused-ring (bicyclic) bond motifs is 1. The van der Waals surface area contributed by atoms with Crippen LogP contribution in [0.4, 0.5) is 0 Å². The highest BCUT2D eigenvalue weighted by Gasteiger charge is 2.13. The van der Waals surface area contributed by atoms with Crippen LogP contribution in [0.2, 0.25) is 5.15 Å². The van der Waals surface area contributed by atoms with Gasteiger partial charge in [-0.15, -0.1) is 5.10 Å². The molecule has 118 valence electrons. The van der Waals surface area contributed by atoms with E-state index in [-0.39, 0.29) is 18.2 Å². The van der Waals surface area contributed by atoms with E-state index in [1.165, 1.54) is 10.6 Å². The number of pyridine rings is 1. The summed E-state index contributed by atoms with van der Waals surface area (Å²) in [5, 5.41) is 4.50. The predicted octanol–water partition coefficient (Wildman–Crippen LogP) is 1.86. The Labute approximate surface area is 136 Å². The van der Waals surface area contributed by atoms with Crippen LogP contribution in [-0.4, -0.2) is 30.8 Å².